The molecule has 0 unspecified atom stereocenters. The molecule has 0 radical (unpaired) electrons. The number of hydrogen-bond donors (Lipinski definition) is 2. The number of carbonyl (C=O) groups excluding carboxylic acids is 2. The summed E-state index contributed by atoms with van der Waals surface area (Å²) in [6.45, 7) is 2.17. The Kier molecular flexibility index (Phi) is 4.70. The summed E-state index contributed by atoms with van der Waals surface area (Å²) < 4.78 is 23.0. The van der Waals surface area contributed by atoms with Crippen molar-refractivity contribution in [2.24, 2.45) is 17.6 Å². The summed E-state index contributed by atoms with van der Waals surface area (Å²) in [5, 5.41) is 3.32. The lowest BCUT2D eigenvalue weighted by Crippen LogP contribution is -2.21. The van der Waals surface area contributed by atoms with Crippen LogP contribution in [0.25, 0.3) is 0 Å². The van der Waals surface area contributed by atoms with Gasteiger partial charge >= 0.3 is 0 Å². The molecule has 0 spiro atoms. The summed E-state index contributed by atoms with van der Waals surface area (Å²) in [4.78, 5) is 25.3. The van der Waals surface area contributed by atoms with Gasteiger partial charge in [0.1, 0.15) is 5.00 Å². The standard InChI is InChI=1S/C16H22N2O4S2/c1-9-2-3-11-12(6-9)23-16(14(11)15(17)20)18-13(19)7-10-4-5-24(21,22)8-10/h9-10H,2-8H2,1H3,(H2,17,20)(H,18,19)/t9-,10-/m0/s1. The number of hydrogen-bond acceptors (Lipinski definition) is 5. The fourth-order valence-electron chi connectivity index (χ4n) is 3.57. The second-order valence-corrected chi connectivity index (χ2v) is 10.3. The van der Waals surface area contributed by atoms with Crippen LogP contribution in [0.15, 0.2) is 0 Å². The van der Waals surface area contributed by atoms with Gasteiger partial charge < -0.3 is 11.1 Å². The first-order chi connectivity index (χ1) is 11.2. The highest BCUT2D eigenvalue weighted by Gasteiger charge is 2.31. The van der Waals surface area contributed by atoms with Gasteiger partial charge in [-0.25, -0.2) is 8.42 Å². The first-order valence-electron chi connectivity index (χ1n) is 8.20. The van der Waals surface area contributed by atoms with E-state index in [4.69, 9.17) is 5.73 Å². The summed E-state index contributed by atoms with van der Waals surface area (Å²) >= 11 is 1.43. The molecular formula is C16H22N2O4S2. The molecule has 6 nitrogen and oxygen atoms in total. The Morgan fingerprint density at radius 2 is 2.08 bits per heavy atom. The zero-order valence-corrected chi connectivity index (χ0v) is 15.3. The van der Waals surface area contributed by atoms with Gasteiger partial charge in [-0.3, -0.25) is 9.59 Å². The highest BCUT2D eigenvalue weighted by molar-refractivity contribution is 7.91. The van der Waals surface area contributed by atoms with Gasteiger partial charge in [0.05, 0.1) is 17.1 Å². The number of sulfone groups is 1. The Hall–Kier alpha value is -1.41. The first kappa shape index (κ1) is 17.4. The van der Waals surface area contributed by atoms with E-state index in [1.54, 1.807) is 0 Å². The number of nitrogens with two attached hydrogens (primary N) is 1. The molecule has 1 aromatic rings. The second-order valence-electron chi connectivity index (χ2n) is 6.94. The van der Waals surface area contributed by atoms with Gasteiger partial charge in [-0.05, 0) is 43.1 Å². The predicted octanol–water partition coefficient (Wildman–Crippen LogP) is 1.74. The fourth-order valence-corrected chi connectivity index (χ4v) is 6.87. The highest BCUT2D eigenvalue weighted by atomic mass is 32.2. The van der Waals surface area contributed by atoms with Crippen LogP contribution in [-0.4, -0.2) is 31.7 Å². The molecule has 2 heterocycles. The van der Waals surface area contributed by atoms with E-state index < -0.39 is 15.7 Å². The van der Waals surface area contributed by atoms with Crippen molar-refractivity contribution in [2.45, 2.75) is 39.0 Å². The first-order valence-corrected chi connectivity index (χ1v) is 10.8. The minimum atomic E-state index is -3.00. The molecule has 2 aliphatic rings. The smallest absolute Gasteiger partial charge is 0.251 e. The third kappa shape index (κ3) is 3.64. The monoisotopic (exact) mass is 370 g/mol. The van der Waals surface area contributed by atoms with Crippen molar-refractivity contribution in [2.75, 3.05) is 16.8 Å². The van der Waals surface area contributed by atoms with Gasteiger partial charge in [0.25, 0.3) is 5.91 Å². The van der Waals surface area contributed by atoms with Crippen LogP contribution in [0.4, 0.5) is 5.00 Å². The molecule has 0 aromatic carbocycles. The third-order valence-corrected chi connectivity index (χ3v) is 7.82. The molecule has 1 fully saturated rings. The number of amides is 2. The number of primary amides is 1. The molecule has 0 saturated carbocycles. The molecule has 3 N–H and O–H groups in total. The van der Waals surface area contributed by atoms with Crippen LogP contribution in [0.1, 0.15) is 47.0 Å². The summed E-state index contributed by atoms with van der Waals surface area (Å²) in [6, 6.07) is 0. The average Bonchev–Trinajstić information content (AvgIpc) is 2.97. The van der Waals surface area contributed by atoms with Crippen molar-refractivity contribution >= 4 is 38.0 Å². The van der Waals surface area contributed by atoms with E-state index in [0.717, 1.165) is 29.7 Å². The molecule has 1 aliphatic heterocycles. The maximum absolute atomic E-state index is 12.3. The van der Waals surface area contributed by atoms with E-state index in [1.165, 1.54) is 11.3 Å². The molecule has 24 heavy (non-hydrogen) atoms. The number of anilines is 1. The zero-order chi connectivity index (χ0) is 17.5. The maximum atomic E-state index is 12.3. The molecule has 2 atom stereocenters. The van der Waals surface area contributed by atoms with Crippen molar-refractivity contribution in [3.05, 3.63) is 16.0 Å². The molecule has 2 amide bonds. The largest absolute Gasteiger partial charge is 0.365 e. The SMILES string of the molecule is C[C@H]1CCc2c(sc(NC(=O)C[C@@H]3CCS(=O)(=O)C3)c2C(N)=O)C1. The normalized spacial score (nSPS) is 25.2. The molecule has 3 rings (SSSR count). The van der Waals surface area contributed by atoms with Crippen LogP contribution >= 0.6 is 11.3 Å². The summed E-state index contributed by atoms with van der Waals surface area (Å²) in [6.07, 6.45) is 3.41. The molecule has 1 aliphatic carbocycles. The van der Waals surface area contributed by atoms with Gasteiger partial charge in [0, 0.05) is 11.3 Å². The Morgan fingerprint density at radius 3 is 2.71 bits per heavy atom. The van der Waals surface area contributed by atoms with E-state index >= 15 is 0 Å². The Morgan fingerprint density at radius 1 is 1.33 bits per heavy atom. The van der Waals surface area contributed by atoms with Gasteiger partial charge in [0.2, 0.25) is 5.91 Å². The molecule has 0 bridgehead atoms. The Labute approximate surface area is 145 Å². The van der Waals surface area contributed by atoms with Crippen LogP contribution in [0, 0.1) is 11.8 Å². The predicted molar refractivity (Wildman–Crippen MR) is 94.0 cm³/mol. The van der Waals surface area contributed by atoms with Crippen LogP contribution in [0.5, 0.6) is 0 Å². The van der Waals surface area contributed by atoms with Crippen molar-refractivity contribution in [1.82, 2.24) is 0 Å². The number of fused-ring (bicyclic) bond motifs is 1. The number of carbonyl (C=O) groups is 2. The third-order valence-electron chi connectivity index (χ3n) is 4.81. The Balaban J connectivity index is 1.75. The highest BCUT2D eigenvalue weighted by Crippen LogP contribution is 2.39. The lowest BCUT2D eigenvalue weighted by Gasteiger charge is -2.18. The second kappa shape index (κ2) is 6.48. The maximum Gasteiger partial charge on any atom is 0.251 e. The summed E-state index contributed by atoms with van der Waals surface area (Å²) in [7, 11) is -3.00. The van der Waals surface area contributed by atoms with E-state index in [9.17, 15) is 18.0 Å². The molecule has 132 valence electrons. The molecule has 1 saturated heterocycles. The van der Waals surface area contributed by atoms with Crippen LogP contribution < -0.4 is 11.1 Å². The van der Waals surface area contributed by atoms with Crippen LogP contribution in [0.3, 0.4) is 0 Å². The summed E-state index contributed by atoms with van der Waals surface area (Å²) in [5.41, 5.74) is 6.95. The van der Waals surface area contributed by atoms with Gasteiger partial charge in [-0.1, -0.05) is 6.92 Å². The lowest BCUT2D eigenvalue weighted by molar-refractivity contribution is -0.116. The van der Waals surface area contributed by atoms with Gasteiger partial charge in [-0.15, -0.1) is 11.3 Å². The number of nitrogens with one attached hydrogen (secondary N) is 1. The quantitative estimate of drug-likeness (QED) is 0.842. The van der Waals surface area contributed by atoms with Gasteiger partial charge in [0.15, 0.2) is 9.84 Å². The van der Waals surface area contributed by atoms with Crippen LogP contribution in [-0.2, 0) is 27.5 Å². The molecular weight excluding hydrogens is 348 g/mol. The summed E-state index contributed by atoms with van der Waals surface area (Å²) in [5.74, 6) is -0.109. The minimum absolute atomic E-state index is 0.0710. The van der Waals surface area contributed by atoms with E-state index in [1.807, 2.05) is 0 Å². The van der Waals surface area contributed by atoms with Crippen molar-refractivity contribution in [3.63, 3.8) is 0 Å². The fraction of sp³-hybridized carbons (Fsp3) is 0.625. The van der Waals surface area contributed by atoms with E-state index in [0.29, 0.717) is 22.9 Å². The van der Waals surface area contributed by atoms with Crippen molar-refractivity contribution in [1.29, 1.82) is 0 Å². The topological polar surface area (TPSA) is 106 Å². The van der Waals surface area contributed by atoms with E-state index in [2.05, 4.69) is 12.2 Å². The zero-order valence-electron chi connectivity index (χ0n) is 13.6. The number of thiophene rings is 1. The van der Waals surface area contributed by atoms with Crippen LogP contribution in [0.2, 0.25) is 0 Å². The Bertz CT molecular complexity index is 782. The minimum Gasteiger partial charge on any atom is -0.365 e. The lowest BCUT2D eigenvalue weighted by atomic mass is 9.88. The van der Waals surface area contributed by atoms with E-state index in [-0.39, 0.29) is 29.8 Å². The average molecular weight is 370 g/mol. The molecule has 8 heteroatoms. The van der Waals surface area contributed by atoms with Crippen molar-refractivity contribution < 1.29 is 18.0 Å². The molecule has 1 aromatic heterocycles. The number of rotatable bonds is 4. The van der Waals surface area contributed by atoms with Crippen molar-refractivity contribution in [3.8, 4) is 0 Å². The van der Waals surface area contributed by atoms with Gasteiger partial charge in [-0.2, -0.15) is 0 Å².